The van der Waals surface area contributed by atoms with Crippen molar-refractivity contribution in [2.24, 2.45) is 0 Å². The number of ether oxygens (including phenoxy) is 2. The van der Waals surface area contributed by atoms with E-state index in [1.54, 1.807) is 14.2 Å². The van der Waals surface area contributed by atoms with E-state index in [1.165, 1.54) is 19.3 Å². The second kappa shape index (κ2) is 6.43. The Labute approximate surface area is 117 Å². The molecule has 100 valence electrons. The van der Waals surface area contributed by atoms with Gasteiger partial charge in [-0.15, -0.1) is 0 Å². The first-order valence-corrected chi connectivity index (χ1v) is 7.15. The fourth-order valence-corrected chi connectivity index (χ4v) is 2.88. The van der Waals surface area contributed by atoms with Gasteiger partial charge in [-0.25, -0.2) is 0 Å². The summed E-state index contributed by atoms with van der Waals surface area (Å²) in [6.45, 7) is 0. The number of methoxy groups -OCH3 is 2. The molecule has 0 spiro atoms. The molecule has 0 aliphatic heterocycles. The van der Waals surface area contributed by atoms with E-state index in [4.69, 9.17) is 9.47 Å². The molecular weight excluding hydrogens is 294 g/mol. The van der Waals surface area contributed by atoms with Crippen LogP contribution in [-0.4, -0.2) is 26.4 Å². The Bertz CT molecular complexity index is 397. The number of halogens is 1. The maximum atomic E-state index is 5.45. The van der Waals surface area contributed by atoms with Crippen LogP contribution in [0.25, 0.3) is 0 Å². The number of anilines is 1. The van der Waals surface area contributed by atoms with E-state index in [0.29, 0.717) is 12.1 Å². The zero-order chi connectivity index (χ0) is 13.0. The van der Waals surface area contributed by atoms with E-state index in [2.05, 4.69) is 27.3 Å². The van der Waals surface area contributed by atoms with Crippen molar-refractivity contribution in [1.82, 2.24) is 0 Å². The van der Waals surface area contributed by atoms with Crippen molar-refractivity contribution in [3.05, 3.63) is 22.7 Å². The van der Waals surface area contributed by atoms with Gasteiger partial charge in [0.1, 0.15) is 5.75 Å². The summed E-state index contributed by atoms with van der Waals surface area (Å²) in [6.07, 6.45) is 5.09. The van der Waals surface area contributed by atoms with Crippen molar-refractivity contribution >= 4 is 21.6 Å². The van der Waals surface area contributed by atoms with Gasteiger partial charge in [-0.05, 0) is 53.7 Å². The first-order valence-electron chi connectivity index (χ1n) is 6.36. The van der Waals surface area contributed by atoms with Crippen LogP contribution in [0.2, 0.25) is 0 Å². The molecular formula is C14H20BrNO2. The highest BCUT2D eigenvalue weighted by Crippen LogP contribution is 2.30. The molecule has 3 nitrogen and oxygen atoms in total. The van der Waals surface area contributed by atoms with Gasteiger partial charge in [0.15, 0.2) is 0 Å². The van der Waals surface area contributed by atoms with Gasteiger partial charge in [0.2, 0.25) is 0 Å². The quantitative estimate of drug-likeness (QED) is 0.916. The van der Waals surface area contributed by atoms with Gasteiger partial charge >= 0.3 is 0 Å². The molecule has 0 heterocycles. The largest absolute Gasteiger partial charge is 0.495 e. The molecule has 2 rings (SSSR count). The van der Waals surface area contributed by atoms with Gasteiger partial charge in [0.05, 0.1) is 17.7 Å². The van der Waals surface area contributed by atoms with Crippen molar-refractivity contribution in [2.75, 3.05) is 19.5 Å². The van der Waals surface area contributed by atoms with Gasteiger partial charge in [-0.2, -0.15) is 0 Å². The minimum atomic E-state index is 0.397. The van der Waals surface area contributed by atoms with Crippen LogP contribution in [0, 0.1) is 0 Å². The lowest BCUT2D eigenvalue weighted by Gasteiger charge is -2.29. The molecule has 1 saturated carbocycles. The highest BCUT2D eigenvalue weighted by molar-refractivity contribution is 9.10. The zero-order valence-electron chi connectivity index (χ0n) is 10.9. The van der Waals surface area contributed by atoms with Crippen LogP contribution < -0.4 is 10.1 Å². The summed E-state index contributed by atoms with van der Waals surface area (Å²) in [6, 6.07) is 6.61. The lowest BCUT2D eigenvalue weighted by atomic mass is 9.92. The SMILES string of the molecule is COc1cc(NC2CCCC(OC)C2)ccc1Br. The highest BCUT2D eigenvalue weighted by atomic mass is 79.9. The number of nitrogens with one attached hydrogen (secondary N) is 1. The maximum Gasteiger partial charge on any atom is 0.135 e. The summed E-state index contributed by atoms with van der Waals surface area (Å²) in [5.74, 6) is 0.860. The summed E-state index contributed by atoms with van der Waals surface area (Å²) in [7, 11) is 3.49. The van der Waals surface area contributed by atoms with Crippen molar-refractivity contribution < 1.29 is 9.47 Å². The van der Waals surface area contributed by atoms with Crippen molar-refractivity contribution in [3.8, 4) is 5.75 Å². The van der Waals surface area contributed by atoms with Gasteiger partial charge in [0.25, 0.3) is 0 Å². The molecule has 1 aliphatic rings. The standard InChI is InChI=1S/C14H20BrNO2/c1-17-12-5-3-4-10(8-12)16-11-6-7-13(15)14(9-11)18-2/h6-7,9-10,12,16H,3-5,8H2,1-2H3. The fraction of sp³-hybridized carbons (Fsp3) is 0.571. The number of rotatable bonds is 4. The smallest absolute Gasteiger partial charge is 0.135 e. The number of benzene rings is 1. The topological polar surface area (TPSA) is 30.5 Å². The minimum Gasteiger partial charge on any atom is -0.495 e. The monoisotopic (exact) mass is 313 g/mol. The van der Waals surface area contributed by atoms with E-state index in [0.717, 1.165) is 22.3 Å². The average molecular weight is 314 g/mol. The minimum absolute atomic E-state index is 0.397. The molecule has 4 heteroatoms. The van der Waals surface area contributed by atoms with Crippen LogP contribution in [-0.2, 0) is 4.74 Å². The molecule has 0 amide bonds. The third-order valence-corrected chi connectivity index (χ3v) is 4.14. The molecule has 1 aromatic carbocycles. The zero-order valence-corrected chi connectivity index (χ0v) is 12.5. The third kappa shape index (κ3) is 3.39. The Morgan fingerprint density at radius 1 is 1.28 bits per heavy atom. The number of hydrogen-bond donors (Lipinski definition) is 1. The molecule has 2 unspecified atom stereocenters. The second-order valence-corrected chi connectivity index (χ2v) is 5.57. The number of hydrogen-bond acceptors (Lipinski definition) is 3. The predicted molar refractivity (Wildman–Crippen MR) is 77.4 cm³/mol. The Hall–Kier alpha value is -0.740. The van der Waals surface area contributed by atoms with Crippen LogP contribution in [0.4, 0.5) is 5.69 Å². The summed E-state index contributed by atoms with van der Waals surface area (Å²) in [5.41, 5.74) is 1.11. The Morgan fingerprint density at radius 3 is 2.83 bits per heavy atom. The Balaban J connectivity index is 2.00. The van der Waals surface area contributed by atoms with Crippen molar-refractivity contribution in [1.29, 1.82) is 0 Å². The summed E-state index contributed by atoms with van der Waals surface area (Å²) in [5, 5.41) is 3.57. The molecule has 0 bridgehead atoms. The maximum absolute atomic E-state index is 5.45. The van der Waals surface area contributed by atoms with Crippen LogP contribution in [0.5, 0.6) is 5.75 Å². The summed E-state index contributed by atoms with van der Waals surface area (Å²) in [4.78, 5) is 0. The Morgan fingerprint density at radius 2 is 2.11 bits per heavy atom. The van der Waals surface area contributed by atoms with Crippen LogP contribution >= 0.6 is 15.9 Å². The first-order chi connectivity index (χ1) is 8.72. The molecule has 1 N–H and O–H groups in total. The normalized spacial score (nSPS) is 23.7. The van der Waals surface area contributed by atoms with Gasteiger partial charge in [-0.1, -0.05) is 0 Å². The van der Waals surface area contributed by atoms with E-state index < -0.39 is 0 Å². The lowest BCUT2D eigenvalue weighted by Crippen LogP contribution is -2.30. The van der Waals surface area contributed by atoms with Crippen molar-refractivity contribution in [2.45, 2.75) is 37.8 Å². The molecule has 1 aliphatic carbocycles. The van der Waals surface area contributed by atoms with E-state index in [-0.39, 0.29) is 0 Å². The summed E-state index contributed by atoms with van der Waals surface area (Å²) < 4.78 is 11.7. The molecule has 18 heavy (non-hydrogen) atoms. The summed E-state index contributed by atoms with van der Waals surface area (Å²) >= 11 is 3.46. The van der Waals surface area contributed by atoms with E-state index >= 15 is 0 Å². The van der Waals surface area contributed by atoms with E-state index in [1.807, 2.05) is 12.1 Å². The first kappa shape index (κ1) is 13.7. The molecule has 2 atom stereocenters. The molecule has 0 radical (unpaired) electrons. The fourth-order valence-electron chi connectivity index (χ4n) is 2.48. The highest BCUT2D eigenvalue weighted by Gasteiger charge is 2.21. The molecule has 1 fully saturated rings. The molecule has 0 aromatic heterocycles. The van der Waals surface area contributed by atoms with Gasteiger partial charge < -0.3 is 14.8 Å². The van der Waals surface area contributed by atoms with Gasteiger partial charge in [-0.3, -0.25) is 0 Å². The average Bonchev–Trinajstić information content (AvgIpc) is 2.41. The predicted octanol–water partition coefficient (Wildman–Crippen LogP) is 3.83. The molecule has 0 saturated heterocycles. The van der Waals surface area contributed by atoms with Crippen LogP contribution in [0.3, 0.4) is 0 Å². The van der Waals surface area contributed by atoms with Crippen LogP contribution in [0.1, 0.15) is 25.7 Å². The lowest BCUT2D eigenvalue weighted by molar-refractivity contribution is 0.0669. The molecule has 1 aromatic rings. The van der Waals surface area contributed by atoms with E-state index in [9.17, 15) is 0 Å². The third-order valence-electron chi connectivity index (χ3n) is 3.48. The van der Waals surface area contributed by atoms with Crippen molar-refractivity contribution in [3.63, 3.8) is 0 Å². The Kier molecular flexibility index (Phi) is 4.89. The second-order valence-electron chi connectivity index (χ2n) is 4.71. The van der Waals surface area contributed by atoms with Crippen LogP contribution in [0.15, 0.2) is 22.7 Å². The van der Waals surface area contributed by atoms with Gasteiger partial charge in [0, 0.05) is 24.9 Å².